The molecule has 0 bridgehead atoms. The molecule has 172 valence electrons. The van der Waals surface area contributed by atoms with Crippen molar-refractivity contribution in [3.63, 3.8) is 0 Å². The first kappa shape index (κ1) is 23.0. The molecule has 3 heterocycles. The van der Waals surface area contributed by atoms with Crippen molar-refractivity contribution in [2.45, 2.75) is 31.8 Å². The number of carbonyl (C=O) groups excluding carboxylic acids is 3. The molecule has 4 rings (SSSR count). The molecule has 0 unspecified atom stereocenters. The number of anilines is 2. The van der Waals surface area contributed by atoms with E-state index in [0.717, 1.165) is 10.4 Å². The molecule has 1 aromatic carbocycles. The van der Waals surface area contributed by atoms with E-state index < -0.39 is 23.7 Å². The number of aryl methyl sites for hydroxylation is 2. The maximum absolute atomic E-state index is 12.6. The van der Waals surface area contributed by atoms with Crippen molar-refractivity contribution < 1.29 is 19.1 Å². The summed E-state index contributed by atoms with van der Waals surface area (Å²) in [6.07, 6.45) is 0. The van der Waals surface area contributed by atoms with Gasteiger partial charge in [-0.25, -0.2) is 4.98 Å². The van der Waals surface area contributed by atoms with Crippen LogP contribution in [0.15, 0.2) is 29.1 Å². The zero-order valence-corrected chi connectivity index (χ0v) is 19.9. The van der Waals surface area contributed by atoms with Crippen molar-refractivity contribution in [3.8, 4) is 0 Å². The second-order valence-electron chi connectivity index (χ2n) is 7.58. The predicted molar refractivity (Wildman–Crippen MR) is 129 cm³/mol. The Morgan fingerprint density at radius 1 is 1.27 bits per heavy atom. The van der Waals surface area contributed by atoms with Crippen molar-refractivity contribution in [2.24, 2.45) is 0 Å². The summed E-state index contributed by atoms with van der Waals surface area (Å²) in [7, 11) is 0. The Hall–Kier alpha value is -3.18. The molecule has 0 spiro atoms. The lowest BCUT2D eigenvalue weighted by Gasteiger charge is -2.29. The summed E-state index contributed by atoms with van der Waals surface area (Å²) in [5.41, 5.74) is 1.83. The van der Waals surface area contributed by atoms with Gasteiger partial charge in [0.1, 0.15) is 22.4 Å². The molecule has 0 fully saturated rings. The zero-order valence-electron chi connectivity index (χ0n) is 18.3. The van der Waals surface area contributed by atoms with Gasteiger partial charge in [0.15, 0.2) is 6.61 Å². The minimum atomic E-state index is -0.581. The fourth-order valence-electron chi connectivity index (χ4n) is 3.42. The minimum Gasteiger partial charge on any atom is -0.455 e. The van der Waals surface area contributed by atoms with Crippen LogP contribution in [-0.4, -0.2) is 46.2 Å². The Kier molecular flexibility index (Phi) is 6.52. The third-order valence-electron chi connectivity index (χ3n) is 5.30. The molecular formula is C22H22N4O5S2. The summed E-state index contributed by atoms with van der Waals surface area (Å²) in [5.74, 6) is -0.570. The Morgan fingerprint density at radius 3 is 2.82 bits per heavy atom. The number of nitrogens with one attached hydrogen (secondary N) is 2. The molecule has 2 N–H and O–H groups in total. The molecule has 1 aliphatic rings. The van der Waals surface area contributed by atoms with Gasteiger partial charge in [0.05, 0.1) is 22.5 Å². The van der Waals surface area contributed by atoms with E-state index in [4.69, 9.17) is 4.74 Å². The van der Waals surface area contributed by atoms with E-state index in [2.05, 4.69) is 15.3 Å². The van der Waals surface area contributed by atoms with Crippen LogP contribution in [0.4, 0.5) is 11.4 Å². The highest BCUT2D eigenvalue weighted by Crippen LogP contribution is 2.29. The standard InChI is InChI=1S/C22H22N4O5S2/c1-11-12(2)33-21-19(11)20(29)24-16(25-21)10-32-13(3)22(30)31-9-18(28)26-8-17(27)23-14-6-4-5-7-15(14)26/h4-7,13H,8-10H2,1-3H3,(H,23,27)(H,24,25,29)/t13-/m1/s1. The first-order valence-electron chi connectivity index (χ1n) is 10.2. The van der Waals surface area contributed by atoms with Crippen LogP contribution in [0, 0.1) is 13.8 Å². The average molecular weight is 487 g/mol. The number of benzene rings is 1. The number of para-hydroxylation sites is 2. The normalized spacial score (nSPS) is 14.0. The number of ether oxygens (including phenoxy) is 1. The van der Waals surface area contributed by atoms with E-state index in [-0.39, 0.29) is 18.0 Å². The van der Waals surface area contributed by atoms with Crippen LogP contribution in [0.3, 0.4) is 0 Å². The Morgan fingerprint density at radius 2 is 2.03 bits per heavy atom. The fourth-order valence-corrected chi connectivity index (χ4v) is 5.22. The number of rotatable bonds is 6. The maximum atomic E-state index is 12.6. The van der Waals surface area contributed by atoms with Gasteiger partial charge >= 0.3 is 5.97 Å². The number of thioether (sulfide) groups is 1. The van der Waals surface area contributed by atoms with Gasteiger partial charge in [-0.3, -0.25) is 24.1 Å². The molecule has 1 aliphatic heterocycles. The van der Waals surface area contributed by atoms with E-state index in [9.17, 15) is 19.2 Å². The predicted octanol–water partition coefficient (Wildman–Crippen LogP) is 2.75. The molecule has 0 radical (unpaired) electrons. The molecule has 1 atom stereocenters. The number of amides is 2. The summed E-state index contributed by atoms with van der Waals surface area (Å²) in [4.78, 5) is 59.6. The van der Waals surface area contributed by atoms with Gasteiger partial charge in [0.2, 0.25) is 5.91 Å². The van der Waals surface area contributed by atoms with Crippen LogP contribution in [0.25, 0.3) is 10.2 Å². The summed E-state index contributed by atoms with van der Waals surface area (Å²) in [5, 5.41) is 2.73. The molecule has 33 heavy (non-hydrogen) atoms. The van der Waals surface area contributed by atoms with Crippen LogP contribution in [0.1, 0.15) is 23.2 Å². The van der Waals surface area contributed by atoms with Crippen LogP contribution >= 0.6 is 23.1 Å². The number of H-pyrrole nitrogens is 1. The molecule has 2 aromatic heterocycles. The first-order chi connectivity index (χ1) is 15.7. The van der Waals surface area contributed by atoms with Crippen molar-refractivity contribution >= 4 is 62.5 Å². The largest absolute Gasteiger partial charge is 0.455 e. The third kappa shape index (κ3) is 4.79. The zero-order chi connectivity index (χ0) is 23.7. The van der Waals surface area contributed by atoms with Crippen LogP contribution < -0.4 is 15.8 Å². The number of hydrogen-bond acceptors (Lipinski definition) is 8. The lowest BCUT2D eigenvalue weighted by molar-refractivity contribution is -0.147. The lowest BCUT2D eigenvalue weighted by Crippen LogP contribution is -2.44. The van der Waals surface area contributed by atoms with Gasteiger partial charge in [0, 0.05) is 4.88 Å². The smallest absolute Gasteiger partial charge is 0.319 e. The van der Waals surface area contributed by atoms with Crippen molar-refractivity contribution in [1.82, 2.24) is 9.97 Å². The minimum absolute atomic E-state index is 0.138. The quantitative estimate of drug-likeness (QED) is 0.514. The molecule has 0 aliphatic carbocycles. The highest BCUT2D eigenvalue weighted by molar-refractivity contribution is 7.99. The summed E-state index contributed by atoms with van der Waals surface area (Å²) >= 11 is 2.72. The van der Waals surface area contributed by atoms with Crippen molar-refractivity contribution in [1.29, 1.82) is 0 Å². The van der Waals surface area contributed by atoms with Crippen molar-refractivity contribution in [3.05, 3.63) is 50.9 Å². The highest BCUT2D eigenvalue weighted by Gasteiger charge is 2.28. The van der Waals surface area contributed by atoms with E-state index in [0.29, 0.717) is 33.2 Å². The van der Waals surface area contributed by atoms with Gasteiger partial charge < -0.3 is 15.0 Å². The van der Waals surface area contributed by atoms with Gasteiger partial charge in [-0.2, -0.15) is 0 Å². The summed E-state index contributed by atoms with van der Waals surface area (Å²) < 4.78 is 5.20. The van der Waals surface area contributed by atoms with Crippen molar-refractivity contribution in [2.75, 3.05) is 23.4 Å². The molecule has 0 saturated heterocycles. The number of aromatic nitrogens is 2. The van der Waals surface area contributed by atoms with E-state index >= 15 is 0 Å². The van der Waals surface area contributed by atoms with Gasteiger partial charge in [-0.05, 0) is 38.5 Å². The number of hydrogen-bond donors (Lipinski definition) is 2. The average Bonchev–Trinajstić information content (AvgIpc) is 3.08. The number of aromatic amines is 1. The van der Waals surface area contributed by atoms with Crippen LogP contribution in [0.2, 0.25) is 0 Å². The highest BCUT2D eigenvalue weighted by atomic mass is 32.2. The Bertz CT molecular complexity index is 1320. The first-order valence-corrected chi connectivity index (χ1v) is 12.1. The van der Waals surface area contributed by atoms with Gasteiger partial charge in [0.25, 0.3) is 11.5 Å². The fraction of sp³-hybridized carbons (Fsp3) is 0.318. The number of nitrogens with zero attached hydrogens (tertiary/aromatic N) is 2. The summed E-state index contributed by atoms with van der Waals surface area (Å²) in [6, 6.07) is 6.93. The molecular weight excluding hydrogens is 464 g/mol. The second kappa shape index (κ2) is 9.36. The molecule has 11 heteroatoms. The number of carbonyl (C=O) groups is 3. The van der Waals surface area contributed by atoms with Crippen LogP contribution in [-0.2, 0) is 24.9 Å². The second-order valence-corrected chi connectivity index (χ2v) is 10.1. The topological polar surface area (TPSA) is 121 Å². The summed E-state index contributed by atoms with van der Waals surface area (Å²) in [6.45, 7) is 4.90. The Labute approximate surface area is 197 Å². The SMILES string of the molecule is Cc1sc2nc(CS[C@H](C)C(=O)OCC(=O)N3CC(=O)Nc4ccccc43)[nH]c(=O)c2c1C. The molecule has 2 amide bonds. The van der Waals surface area contributed by atoms with E-state index in [1.54, 1.807) is 31.2 Å². The molecule has 3 aromatic rings. The molecule has 9 nitrogen and oxygen atoms in total. The van der Waals surface area contributed by atoms with E-state index in [1.165, 1.54) is 28.0 Å². The third-order valence-corrected chi connectivity index (χ3v) is 7.53. The van der Waals surface area contributed by atoms with Gasteiger partial charge in [-0.1, -0.05) is 12.1 Å². The number of esters is 1. The monoisotopic (exact) mass is 486 g/mol. The maximum Gasteiger partial charge on any atom is 0.319 e. The van der Waals surface area contributed by atoms with Crippen LogP contribution in [0.5, 0.6) is 0 Å². The molecule has 0 saturated carbocycles. The Balaban J connectivity index is 1.34. The van der Waals surface area contributed by atoms with Gasteiger partial charge in [-0.15, -0.1) is 23.1 Å². The number of thiophene rings is 1. The number of fused-ring (bicyclic) bond motifs is 2. The lowest BCUT2D eigenvalue weighted by atomic mass is 10.2. The van der Waals surface area contributed by atoms with E-state index in [1.807, 2.05) is 13.8 Å².